The highest BCUT2D eigenvalue weighted by Crippen LogP contribution is 2.49. The number of para-hydroxylation sites is 1. The van der Waals surface area contributed by atoms with Gasteiger partial charge < -0.3 is 4.57 Å². The van der Waals surface area contributed by atoms with E-state index in [1.807, 2.05) is 11.8 Å². The average Bonchev–Trinajstić information content (AvgIpc) is 3.36. The first-order chi connectivity index (χ1) is 19.8. The molecule has 40 heavy (non-hydrogen) atoms. The van der Waals surface area contributed by atoms with Gasteiger partial charge in [-0.15, -0.1) is 0 Å². The molecule has 2 heterocycles. The maximum Gasteiger partial charge on any atom is 0.0547 e. The Morgan fingerprint density at radius 2 is 1.20 bits per heavy atom. The molecule has 1 aliphatic rings. The van der Waals surface area contributed by atoms with E-state index in [2.05, 4.69) is 144 Å². The Balaban J connectivity index is 1.30. The summed E-state index contributed by atoms with van der Waals surface area (Å²) in [6, 6.07) is 51.2. The molecule has 0 atom stereocenters. The number of rotatable bonds is 2. The van der Waals surface area contributed by atoms with Crippen LogP contribution < -0.4 is 0 Å². The summed E-state index contributed by atoms with van der Waals surface area (Å²) in [5.74, 6) is 0. The number of hydrogen-bond donors (Lipinski definition) is 0. The van der Waals surface area contributed by atoms with Crippen molar-refractivity contribution >= 4 is 55.1 Å². The molecule has 0 spiro atoms. The van der Waals surface area contributed by atoms with Crippen molar-refractivity contribution in [3.63, 3.8) is 0 Å². The lowest BCUT2D eigenvalue weighted by Gasteiger charge is -2.21. The molecular formula is C38H23NS. The van der Waals surface area contributed by atoms with Crippen molar-refractivity contribution in [3.05, 3.63) is 140 Å². The van der Waals surface area contributed by atoms with Gasteiger partial charge in [0.1, 0.15) is 0 Å². The maximum atomic E-state index is 2.43. The van der Waals surface area contributed by atoms with E-state index in [1.165, 1.54) is 81.1 Å². The molecule has 0 unspecified atom stereocenters. The van der Waals surface area contributed by atoms with Gasteiger partial charge in [0, 0.05) is 31.6 Å². The molecule has 0 N–H and O–H groups in total. The van der Waals surface area contributed by atoms with Crippen LogP contribution in [0.2, 0.25) is 0 Å². The molecule has 0 saturated heterocycles. The lowest BCUT2D eigenvalue weighted by atomic mass is 9.92. The molecule has 1 nitrogen and oxygen atoms in total. The van der Waals surface area contributed by atoms with Crippen molar-refractivity contribution in [2.24, 2.45) is 0 Å². The smallest absolute Gasteiger partial charge is 0.0547 e. The van der Waals surface area contributed by atoms with E-state index in [9.17, 15) is 0 Å². The van der Waals surface area contributed by atoms with Gasteiger partial charge in [-0.2, -0.15) is 0 Å². The van der Waals surface area contributed by atoms with E-state index >= 15 is 0 Å². The third kappa shape index (κ3) is 3.05. The predicted octanol–water partition coefficient (Wildman–Crippen LogP) is 10.9. The molecule has 1 aliphatic heterocycles. The summed E-state index contributed by atoms with van der Waals surface area (Å²) in [5, 5.41) is 7.84. The Hall–Kier alpha value is -4.79. The van der Waals surface area contributed by atoms with Crippen LogP contribution in [0.4, 0.5) is 0 Å². The molecule has 9 rings (SSSR count). The number of fused-ring (bicyclic) bond motifs is 7. The first-order valence-corrected chi connectivity index (χ1v) is 14.5. The van der Waals surface area contributed by atoms with Crippen molar-refractivity contribution < 1.29 is 0 Å². The van der Waals surface area contributed by atoms with Crippen molar-refractivity contribution in [2.45, 2.75) is 9.79 Å². The van der Waals surface area contributed by atoms with E-state index in [-0.39, 0.29) is 0 Å². The lowest BCUT2D eigenvalue weighted by molar-refractivity contribution is 1.18. The third-order valence-corrected chi connectivity index (χ3v) is 9.51. The topological polar surface area (TPSA) is 4.93 Å². The predicted molar refractivity (Wildman–Crippen MR) is 171 cm³/mol. The van der Waals surface area contributed by atoms with E-state index in [4.69, 9.17) is 0 Å². The van der Waals surface area contributed by atoms with Gasteiger partial charge in [-0.25, -0.2) is 0 Å². The Kier molecular flexibility index (Phi) is 4.61. The second-order valence-corrected chi connectivity index (χ2v) is 11.6. The summed E-state index contributed by atoms with van der Waals surface area (Å²) in [7, 11) is 0. The number of hydrogen-bond acceptors (Lipinski definition) is 1. The maximum absolute atomic E-state index is 2.43. The van der Waals surface area contributed by atoms with Gasteiger partial charge in [-0.05, 0) is 74.8 Å². The molecule has 0 aliphatic carbocycles. The highest BCUT2D eigenvalue weighted by atomic mass is 32.2. The van der Waals surface area contributed by atoms with E-state index in [1.54, 1.807) is 0 Å². The Bertz CT molecular complexity index is 2310. The molecule has 186 valence electrons. The number of aromatic nitrogens is 1. The first-order valence-electron chi connectivity index (χ1n) is 13.7. The number of nitrogens with zero attached hydrogens (tertiary/aromatic N) is 1. The molecule has 0 amide bonds. The van der Waals surface area contributed by atoms with Gasteiger partial charge in [0.2, 0.25) is 0 Å². The standard InChI is InChI=1S/C38H23NS/c1-2-12-28-24(9-1)19-21-34-37(28)32-14-3-5-17-33(32)39(34)26-11-7-10-25(23-26)27-20-22-36-38-30(27)15-8-16-31(38)29-13-4-6-18-35(29)40-36/h1-23H. The summed E-state index contributed by atoms with van der Waals surface area (Å²) < 4.78 is 2.43. The fourth-order valence-corrected chi connectivity index (χ4v) is 7.79. The zero-order valence-electron chi connectivity index (χ0n) is 21.6. The fraction of sp³-hybridized carbons (Fsp3) is 0. The Morgan fingerprint density at radius 3 is 2.17 bits per heavy atom. The normalized spacial score (nSPS) is 12.4. The van der Waals surface area contributed by atoms with E-state index < -0.39 is 0 Å². The van der Waals surface area contributed by atoms with Crippen molar-refractivity contribution in [1.29, 1.82) is 0 Å². The van der Waals surface area contributed by atoms with Crippen molar-refractivity contribution in [3.8, 4) is 27.9 Å². The minimum atomic E-state index is 1.18. The SMILES string of the molecule is c1cc(-c2ccc3c4c(cccc24)-c2ccccc2S3)cc(-n2c3ccccc3c3c4ccccc4ccc32)c1. The summed E-state index contributed by atoms with van der Waals surface area (Å²) in [6.45, 7) is 0. The second kappa shape index (κ2) is 8.35. The van der Waals surface area contributed by atoms with Crippen LogP contribution in [0, 0.1) is 0 Å². The zero-order valence-corrected chi connectivity index (χ0v) is 22.5. The van der Waals surface area contributed by atoms with Crippen LogP contribution in [0.3, 0.4) is 0 Å². The van der Waals surface area contributed by atoms with Crippen LogP contribution in [0.1, 0.15) is 0 Å². The van der Waals surface area contributed by atoms with Gasteiger partial charge in [0.15, 0.2) is 0 Å². The summed E-state index contributed by atoms with van der Waals surface area (Å²) in [4.78, 5) is 2.66. The van der Waals surface area contributed by atoms with Crippen LogP contribution in [-0.2, 0) is 0 Å². The average molecular weight is 526 g/mol. The molecule has 0 fully saturated rings. The van der Waals surface area contributed by atoms with Crippen LogP contribution in [-0.4, -0.2) is 4.57 Å². The molecular weight excluding hydrogens is 502 g/mol. The van der Waals surface area contributed by atoms with Crippen LogP contribution in [0.25, 0.3) is 71.3 Å². The van der Waals surface area contributed by atoms with Crippen LogP contribution >= 0.6 is 11.8 Å². The second-order valence-electron chi connectivity index (χ2n) is 10.5. The minimum Gasteiger partial charge on any atom is -0.309 e. The molecule has 0 bridgehead atoms. The third-order valence-electron chi connectivity index (χ3n) is 8.38. The Morgan fingerprint density at radius 1 is 0.425 bits per heavy atom. The van der Waals surface area contributed by atoms with Crippen molar-refractivity contribution in [2.75, 3.05) is 0 Å². The summed E-state index contributed by atoms with van der Waals surface area (Å²) in [6.07, 6.45) is 0. The highest BCUT2D eigenvalue weighted by Gasteiger charge is 2.21. The Labute approximate surface area is 236 Å². The number of benzene rings is 7. The summed E-state index contributed by atoms with van der Waals surface area (Å²) >= 11 is 1.88. The van der Waals surface area contributed by atoms with E-state index in [0.717, 1.165) is 0 Å². The van der Waals surface area contributed by atoms with Gasteiger partial charge in [0.25, 0.3) is 0 Å². The fourth-order valence-electron chi connectivity index (χ4n) is 6.66. The van der Waals surface area contributed by atoms with E-state index in [0.29, 0.717) is 0 Å². The highest BCUT2D eigenvalue weighted by molar-refractivity contribution is 7.99. The quantitative estimate of drug-likeness (QED) is 0.217. The molecule has 1 aromatic heterocycles. The van der Waals surface area contributed by atoms with Gasteiger partial charge in [0.05, 0.1) is 11.0 Å². The largest absolute Gasteiger partial charge is 0.309 e. The first kappa shape index (κ1) is 22.1. The molecule has 2 heteroatoms. The summed E-state index contributed by atoms with van der Waals surface area (Å²) in [5.41, 5.74) is 8.81. The minimum absolute atomic E-state index is 1.18. The monoisotopic (exact) mass is 525 g/mol. The molecule has 8 aromatic rings. The van der Waals surface area contributed by atoms with Gasteiger partial charge in [-0.3, -0.25) is 0 Å². The zero-order chi connectivity index (χ0) is 26.2. The molecule has 0 radical (unpaired) electrons. The lowest BCUT2D eigenvalue weighted by Crippen LogP contribution is -1.96. The van der Waals surface area contributed by atoms with Gasteiger partial charge in [-0.1, -0.05) is 115 Å². The molecule has 7 aromatic carbocycles. The van der Waals surface area contributed by atoms with Gasteiger partial charge >= 0.3 is 0 Å². The van der Waals surface area contributed by atoms with Crippen LogP contribution in [0.5, 0.6) is 0 Å². The van der Waals surface area contributed by atoms with Crippen molar-refractivity contribution in [1.82, 2.24) is 4.57 Å². The van der Waals surface area contributed by atoms with Crippen LogP contribution in [0.15, 0.2) is 149 Å². The molecule has 0 saturated carbocycles.